The number of hydrogen-bond donors (Lipinski definition) is 3. The number of aliphatic hydroxyl groups is 1. The number of amides is 2. The van der Waals surface area contributed by atoms with Gasteiger partial charge in [-0.1, -0.05) is 26.0 Å². The lowest BCUT2D eigenvalue weighted by atomic mass is 9.87. The van der Waals surface area contributed by atoms with Crippen molar-refractivity contribution < 1.29 is 9.90 Å². The molecule has 1 aromatic carbocycles. The van der Waals surface area contributed by atoms with Crippen molar-refractivity contribution in [2.45, 2.75) is 46.8 Å². The van der Waals surface area contributed by atoms with Gasteiger partial charge in [0.05, 0.1) is 6.10 Å². The smallest absolute Gasteiger partial charge is 0.315 e. The van der Waals surface area contributed by atoms with Gasteiger partial charge in [-0.05, 0) is 42.9 Å². The standard InChI is InChI=1S/C18H31N3O2/c1-13-7-8-15(16(9-13)21(5)6)11-19-17(23)20-12-18(3,4)10-14(2)22/h7-9,14,22H,10-12H2,1-6H3,(H2,19,20,23). The van der Waals surface area contributed by atoms with E-state index in [9.17, 15) is 9.90 Å². The zero-order chi connectivity index (χ0) is 17.6. The number of urea groups is 1. The van der Waals surface area contributed by atoms with Crippen molar-refractivity contribution in [3.63, 3.8) is 0 Å². The van der Waals surface area contributed by atoms with E-state index < -0.39 is 0 Å². The Hall–Kier alpha value is -1.75. The molecule has 5 nitrogen and oxygen atoms in total. The number of carbonyl (C=O) groups is 1. The molecule has 1 aromatic rings. The van der Waals surface area contributed by atoms with Gasteiger partial charge in [0, 0.05) is 32.9 Å². The third-order valence-corrected chi connectivity index (χ3v) is 3.74. The van der Waals surface area contributed by atoms with Crippen LogP contribution in [0.3, 0.4) is 0 Å². The third-order valence-electron chi connectivity index (χ3n) is 3.74. The van der Waals surface area contributed by atoms with E-state index in [2.05, 4.69) is 23.6 Å². The summed E-state index contributed by atoms with van der Waals surface area (Å²) in [6.45, 7) is 8.89. The summed E-state index contributed by atoms with van der Waals surface area (Å²) in [4.78, 5) is 14.0. The molecule has 0 fully saturated rings. The van der Waals surface area contributed by atoms with Crippen LogP contribution >= 0.6 is 0 Å². The van der Waals surface area contributed by atoms with Gasteiger partial charge in [-0.25, -0.2) is 4.79 Å². The van der Waals surface area contributed by atoms with Crippen LogP contribution in [0.4, 0.5) is 10.5 Å². The van der Waals surface area contributed by atoms with Gasteiger partial charge in [0.1, 0.15) is 0 Å². The van der Waals surface area contributed by atoms with E-state index in [4.69, 9.17) is 0 Å². The van der Waals surface area contributed by atoms with Crippen LogP contribution in [0.1, 0.15) is 38.3 Å². The molecule has 5 heteroatoms. The molecular formula is C18H31N3O2. The number of nitrogens with zero attached hydrogens (tertiary/aromatic N) is 1. The largest absolute Gasteiger partial charge is 0.393 e. The SMILES string of the molecule is Cc1ccc(CNC(=O)NCC(C)(C)CC(C)O)c(N(C)C)c1. The quantitative estimate of drug-likeness (QED) is 0.723. The normalized spacial score (nSPS) is 12.7. The Labute approximate surface area is 140 Å². The van der Waals surface area contributed by atoms with E-state index in [1.807, 2.05) is 45.0 Å². The average Bonchev–Trinajstić information content (AvgIpc) is 2.42. The van der Waals surface area contributed by atoms with Crippen molar-refractivity contribution >= 4 is 11.7 Å². The first-order chi connectivity index (χ1) is 10.6. The fraction of sp³-hybridized carbons (Fsp3) is 0.611. The van der Waals surface area contributed by atoms with Gasteiger partial charge < -0.3 is 20.6 Å². The molecule has 1 rings (SSSR count). The maximum atomic E-state index is 12.0. The van der Waals surface area contributed by atoms with Crippen molar-refractivity contribution in [2.75, 3.05) is 25.5 Å². The van der Waals surface area contributed by atoms with Crippen LogP contribution in [0.25, 0.3) is 0 Å². The maximum absolute atomic E-state index is 12.0. The zero-order valence-corrected chi connectivity index (χ0v) is 15.2. The summed E-state index contributed by atoms with van der Waals surface area (Å²) in [5.41, 5.74) is 3.25. The predicted octanol–water partition coefficient (Wildman–Crippen LogP) is 2.66. The molecule has 0 saturated carbocycles. The van der Waals surface area contributed by atoms with Crippen molar-refractivity contribution in [1.29, 1.82) is 0 Å². The maximum Gasteiger partial charge on any atom is 0.315 e. The highest BCUT2D eigenvalue weighted by Gasteiger charge is 2.21. The number of benzene rings is 1. The summed E-state index contributed by atoms with van der Waals surface area (Å²) in [6, 6.07) is 6.02. The van der Waals surface area contributed by atoms with Crippen LogP contribution < -0.4 is 15.5 Å². The predicted molar refractivity (Wildman–Crippen MR) is 95.8 cm³/mol. The average molecular weight is 321 g/mol. The summed E-state index contributed by atoms with van der Waals surface area (Å²) in [5, 5.41) is 15.3. The molecule has 2 amide bonds. The number of carbonyl (C=O) groups excluding carboxylic acids is 1. The highest BCUT2D eigenvalue weighted by molar-refractivity contribution is 5.74. The topological polar surface area (TPSA) is 64.6 Å². The number of nitrogens with one attached hydrogen (secondary N) is 2. The summed E-state index contributed by atoms with van der Waals surface area (Å²) < 4.78 is 0. The van der Waals surface area contributed by atoms with Crippen LogP contribution in [0.2, 0.25) is 0 Å². The Morgan fingerprint density at radius 2 is 1.96 bits per heavy atom. The Kier molecular flexibility index (Phi) is 6.88. The van der Waals surface area contributed by atoms with E-state index in [1.165, 1.54) is 5.56 Å². The molecule has 0 spiro atoms. The fourth-order valence-electron chi connectivity index (χ4n) is 2.67. The van der Waals surface area contributed by atoms with Crippen molar-refractivity contribution in [3.05, 3.63) is 29.3 Å². The molecule has 0 radical (unpaired) electrons. The van der Waals surface area contributed by atoms with Crippen LogP contribution in [-0.4, -0.2) is 37.9 Å². The molecule has 0 saturated heterocycles. The summed E-state index contributed by atoms with van der Waals surface area (Å²) >= 11 is 0. The van der Waals surface area contributed by atoms with Gasteiger partial charge >= 0.3 is 6.03 Å². The van der Waals surface area contributed by atoms with Crippen LogP contribution in [0, 0.1) is 12.3 Å². The lowest BCUT2D eigenvalue weighted by molar-refractivity contribution is 0.129. The molecule has 1 atom stereocenters. The van der Waals surface area contributed by atoms with Gasteiger partial charge in [0.2, 0.25) is 0 Å². The second-order valence-corrected chi connectivity index (χ2v) is 7.28. The van der Waals surface area contributed by atoms with E-state index >= 15 is 0 Å². The molecule has 1 unspecified atom stereocenters. The minimum Gasteiger partial charge on any atom is -0.393 e. The number of rotatable bonds is 7. The second-order valence-electron chi connectivity index (χ2n) is 7.28. The van der Waals surface area contributed by atoms with Crippen LogP contribution in [0.15, 0.2) is 18.2 Å². The summed E-state index contributed by atoms with van der Waals surface area (Å²) in [6.07, 6.45) is 0.279. The monoisotopic (exact) mass is 321 g/mol. The second kappa shape index (κ2) is 8.20. The fourth-order valence-corrected chi connectivity index (χ4v) is 2.67. The summed E-state index contributed by atoms with van der Waals surface area (Å²) in [7, 11) is 3.99. The summed E-state index contributed by atoms with van der Waals surface area (Å²) in [5.74, 6) is 0. The third kappa shape index (κ3) is 6.91. The molecule has 0 aliphatic carbocycles. The molecule has 3 N–H and O–H groups in total. The number of hydrogen-bond acceptors (Lipinski definition) is 3. The Balaban J connectivity index is 2.54. The highest BCUT2D eigenvalue weighted by Crippen LogP contribution is 2.21. The minimum atomic E-state index is -0.370. The van der Waals surface area contributed by atoms with E-state index in [1.54, 1.807) is 6.92 Å². The van der Waals surface area contributed by atoms with Gasteiger partial charge in [-0.2, -0.15) is 0 Å². The van der Waals surface area contributed by atoms with Crippen LogP contribution in [0.5, 0.6) is 0 Å². The molecule has 0 aliphatic heterocycles. The van der Waals surface area contributed by atoms with Gasteiger partial charge in [-0.15, -0.1) is 0 Å². The lowest BCUT2D eigenvalue weighted by Gasteiger charge is -2.26. The number of aliphatic hydroxyl groups excluding tert-OH is 1. The zero-order valence-electron chi connectivity index (χ0n) is 15.2. The Morgan fingerprint density at radius 1 is 1.30 bits per heavy atom. The molecule has 0 heterocycles. The van der Waals surface area contributed by atoms with Gasteiger partial charge in [0.15, 0.2) is 0 Å². The number of aryl methyl sites for hydroxylation is 1. The first-order valence-electron chi connectivity index (χ1n) is 8.07. The molecule has 0 bridgehead atoms. The van der Waals surface area contributed by atoms with Crippen molar-refractivity contribution in [1.82, 2.24) is 10.6 Å². The first-order valence-corrected chi connectivity index (χ1v) is 8.07. The van der Waals surface area contributed by atoms with Gasteiger partial charge in [-0.3, -0.25) is 0 Å². The first kappa shape index (κ1) is 19.3. The minimum absolute atomic E-state index is 0.135. The van der Waals surface area contributed by atoms with E-state index in [0.29, 0.717) is 19.5 Å². The Bertz CT molecular complexity index is 525. The molecule has 23 heavy (non-hydrogen) atoms. The highest BCUT2D eigenvalue weighted by atomic mass is 16.3. The number of anilines is 1. The van der Waals surface area contributed by atoms with Gasteiger partial charge in [0.25, 0.3) is 0 Å². The van der Waals surface area contributed by atoms with E-state index in [-0.39, 0.29) is 17.6 Å². The van der Waals surface area contributed by atoms with Crippen molar-refractivity contribution in [2.24, 2.45) is 5.41 Å². The lowest BCUT2D eigenvalue weighted by Crippen LogP contribution is -2.41. The Morgan fingerprint density at radius 3 is 2.52 bits per heavy atom. The molecular weight excluding hydrogens is 290 g/mol. The van der Waals surface area contributed by atoms with Crippen molar-refractivity contribution in [3.8, 4) is 0 Å². The molecule has 0 aliphatic rings. The van der Waals surface area contributed by atoms with E-state index in [0.717, 1.165) is 11.3 Å². The molecule has 130 valence electrons. The van der Waals surface area contributed by atoms with Crippen LogP contribution in [-0.2, 0) is 6.54 Å². The molecule has 0 aromatic heterocycles.